The van der Waals surface area contributed by atoms with Gasteiger partial charge in [-0.3, -0.25) is 18.7 Å². The molecule has 8 heteroatoms. The van der Waals surface area contributed by atoms with Gasteiger partial charge in [0.05, 0.1) is 5.69 Å². The number of halogens is 1. The smallest absolute Gasteiger partial charge is 0.321 e. The summed E-state index contributed by atoms with van der Waals surface area (Å²) in [7, 11) is 0. The molecular formula is C21H17FN4O3. The molecule has 2 heterocycles. The Hall–Kier alpha value is -3.81. The second-order valence-electron chi connectivity index (χ2n) is 6.67. The van der Waals surface area contributed by atoms with Crippen LogP contribution >= 0.6 is 0 Å². The molecule has 0 radical (unpaired) electrons. The maximum Gasteiger partial charge on any atom is 0.321 e. The van der Waals surface area contributed by atoms with E-state index in [1.54, 1.807) is 6.20 Å². The lowest BCUT2D eigenvalue weighted by Gasteiger charge is -2.12. The van der Waals surface area contributed by atoms with E-state index in [4.69, 9.17) is 4.52 Å². The fourth-order valence-corrected chi connectivity index (χ4v) is 3.18. The minimum Gasteiger partial charge on any atom is -0.337 e. The molecule has 2 aromatic heterocycles. The van der Waals surface area contributed by atoms with Gasteiger partial charge in [0.1, 0.15) is 12.4 Å². The average molecular weight is 392 g/mol. The topological polar surface area (TPSA) is 82.9 Å². The van der Waals surface area contributed by atoms with Crippen LogP contribution in [0.25, 0.3) is 17.1 Å². The number of rotatable bonds is 4. The third-order valence-electron chi connectivity index (χ3n) is 4.61. The van der Waals surface area contributed by atoms with E-state index >= 15 is 0 Å². The number of para-hydroxylation sites is 1. The van der Waals surface area contributed by atoms with Gasteiger partial charge in [0.15, 0.2) is 0 Å². The van der Waals surface area contributed by atoms with Gasteiger partial charge in [-0.1, -0.05) is 23.4 Å². The van der Waals surface area contributed by atoms with E-state index in [1.807, 2.05) is 32.0 Å². The highest BCUT2D eigenvalue weighted by molar-refractivity contribution is 5.53. The molecule has 0 saturated carbocycles. The third-order valence-corrected chi connectivity index (χ3v) is 4.61. The van der Waals surface area contributed by atoms with Crippen LogP contribution in [0, 0.1) is 19.7 Å². The molecule has 4 aromatic rings. The largest absolute Gasteiger partial charge is 0.337 e. The summed E-state index contributed by atoms with van der Waals surface area (Å²) >= 11 is 0. The third kappa shape index (κ3) is 3.52. The summed E-state index contributed by atoms with van der Waals surface area (Å²) in [5.41, 5.74) is 1.70. The van der Waals surface area contributed by atoms with Crippen molar-refractivity contribution in [3.05, 3.63) is 98.4 Å². The molecule has 0 unspecified atom stereocenters. The molecule has 2 aromatic carbocycles. The van der Waals surface area contributed by atoms with Crippen molar-refractivity contribution in [3.8, 4) is 17.1 Å². The number of hydrogen-bond donors (Lipinski definition) is 0. The van der Waals surface area contributed by atoms with Gasteiger partial charge < -0.3 is 4.52 Å². The highest BCUT2D eigenvalue weighted by Gasteiger charge is 2.14. The predicted octanol–water partition coefficient (Wildman–Crippen LogP) is 2.85. The molecule has 0 aliphatic carbocycles. The Bertz CT molecular complexity index is 1280. The van der Waals surface area contributed by atoms with Gasteiger partial charge in [-0.05, 0) is 49.2 Å². The maximum absolute atomic E-state index is 13.0. The fraction of sp³-hybridized carbons (Fsp3) is 0.143. The van der Waals surface area contributed by atoms with Gasteiger partial charge in [-0.25, -0.2) is 4.39 Å². The first-order valence-corrected chi connectivity index (χ1v) is 8.91. The van der Waals surface area contributed by atoms with Crippen LogP contribution in [0.15, 0.2) is 69.0 Å². The van der Waals surface area contributed by atoms with Crippen LogP contribution in [0.1, 0.15) is 17.0 Å². The SMILES string of the molecule is Cc1cccc(C)c1-n1ccn(Cc2nc(-c3ccc(F)cc3)no2)c(=O)c1=O. The fourth-order valence-electron chi connectivity index (χ4n) is 3.18. The second kappa shape index (κ2) is 7.31. The van der Waals surface area contributed by atoms with Crippen LogP contribution in [0.5, 0.6) is 0 Å². The summed E-state index contributed by atoms with van der Waals surface area (Å²) < 4.78 is 20.8. The molecule has 0 atom stereocenters. The van der Waals surface area contributed by atoms with Crippen molar-refractivity contribution in [2.45, 2.75) is 20.4 Å². The van der Waals surface area contributed by atoms with E-state index in [0.717, 1.165) is 11.1 Å². The number of benzene rings is 2. The van der Waals surface area contributed by atoms with Crippen LogP contribution in [-0.4, -0.2) is 19.3 Å². The van der Waals surface area contributed by atoms with Crippen molar-refractivity contribution in [1.82, 2.24) is 19.3 Å². The molecule has 0 spiro atoms. The van der Waals surface area contributed by atoms with Crippen LogP contribution < -0.4 is 11.1 Å². The van der Waals surface area contributed by atoms with Gasteiger partial charge in [0.25, 0.3) is 0 Å². The van der Waals surface area contributed by atoms with Crippen molar-refractivity contribution < 1.29 is 8.91 Å². The zero-order chi connectivity index (χ0) is 20.5. The summed E-state index contributed by atoms with van der Waals surface area (Å²) in [6.45, 7) is 3.72. The molecule has 0 aliphatic rings. The standard InChI is InChI=1S/C21H17FN4O3/c1-13-4-3-5-14(2)18(13)26-11-10-25(20(27)21(26)28)12-17-23-19(24-29-17)15-6-8-16(22)9-7-15/h3-11H,12H2,1-2H3. The summed E-state index contributed by atoms with van der Waals surface area (Å²) in [6, 6.07) is 11.3. The maximum atomic E-state index is 13.0. The number of aromatic nitrogens is 4. The van der Waals surface area contributed by atoms with Crippen LogP contribution in [0.3, 0.4) is 0 Å². The summed E-state index contributed by atoms with van der Waals surface area (Å²) in [4.78, 5) is 29.5. The Morgan fingerprint density at radius 2 is 1.66 bits per heavy atom. The summed E-state index contributed by atoms with van der Waals surface area (Å²) in [5.74, 6) is 0.0704. The van der Waals surface area contributed by atoms with Crippen molar-refractivity contribution in [1.29, 1.82) is 0 Å². The molecule has 0 fully saturated rings. The summed E-state index contributed by atoms with van der Waals surface area (Å²) in [5, 5.41) is 3.85. The Labute approximate surface area is 164 Å². The van der Waals surface area contributed by atoms with Crippen molar-refractivity contribution in [2.24, 2.45) is 0 Å². The quantitative estimate of drug-likeness (QED) is 0.499. The zero-order valence-corrected chi connectivity index (χ0v) is 15.8. The molecule has 4 rings (SSSR count). The molecule has 0 bridgehead atoms. The Morgan fingerprint density at radius 1 is 0.966 bits per heavy atom. The average Bonchev–Trinajstić information content (AvgIpc) is 3.16. The molecule has 0 N–H and O–H groups in total. The van der Waals surface area contributed by atoms with Gasteiger partial charge in [-0.2, -0.15) is 4.98 Å². The summed E-state index contributed by atoms with van der Waals surface area (Å²) in [6.07, 6.45) is 3.06. The number of hydrogen-bond acceptors (Lipinski definition) is 5. The lowest BCUT2D eigenvalue weighted by molar-refractivity contribution is 0.369. The highest BCUT2D eigenvalue weighted by Crippen LogP contribution is 2.17. The van der Waals surface area contributed by atoms with Gasteiger partial charge >= 0.3 is 11.1 Å². The second-order valence-corrected chi connectivity index (χ2v) is 6.67. The monoisotopic (exact) mass is 392 g/mol. The van der Waals surface area contributed by atoms with Crippen LogP contribution in [-0.2, 0) is 6.54 Å². The number of aryl methyl sites for hydroxylation is 2. The van der Waals surface area contributed by atoms with E-state index < -0.39 is 11.1 Å². The first-order valence-electron chi connectivity index (χ1n) is 8.91. The van der Waals surface area contributed by atoms with Gasteiger partial charge in [0.2, 0.25) is 11.7 Å². The van der Waals surface area contributed by atoms with E-state index in [9.17, 15) is 14.0 Å². The van der Waals surface area contributed by atoms with Crippen LogP contribution in [0.2, 0.25) is 0 Å². The predicted molar refractivity (Wildman–Crippen MR) is 105 cm³/mol. The normalized spacial score (nSPS) is 11.0. The lowest BCUT2D eigenvalue weighted by atomic mass is 10.1. The molecule has 146 valence electrons. The van der Waals surface area contributed by atoms with Crippen molar-refractivity contribution in [2.75, 3.05) is 0 Å². The minimum absolute atomic E-state index is 0.0458. The van der Waals surface area contributed by atoms with Crippen molar-refractivity contribution >= 4 is 0 Å². The first-order chi connectivity index (χ1) is 13.9. The van der Waals surface area contributed by atoms with Crippen molar-refractivity contribution in [3.63, 3.8) is 0 Å². The Balaban J connectivity index is 1.66. The Kier molecular flexibility index (Phi) is 4.67. The van der Waals surface area contributed by atoms with E-state index in [1.165, 1.54) is 39.6 Å². The van der Waals surface area contributed by atoms with E-state index in [0.29, 0.717) is 11.3 Å². The molecular weight excluding hydrogens is 375 g/mol. The minimum atomic E-state index is -0.698. The van der Waals surface area contributed by atoms with Gasteiger partial charge in [0, 0.05) is 18.0 Å². The molecule has 0 saturated heterocycles. The lowest BCUT2D eigenvalue weighted by Crippen LogP contribution is -2.40. The van der Waals surface area contributed by atoms with Gasteiger partial charge in [-0.15, -0.1) is 0 Å². The first kappa shape index (κ1) is 18.5. The molecule has 7 nitrogen and oxygen atoms in total. The Morgan fingerprint density at radius 3 is 2.34 bits per heavy atom. The molecule has 29 heavy (non-hydrogen) atoms. The zero-order valence-electron chi connectivity index (χ0n) is 15.8. The highest BCUT2D eigenvalue weighted by atomic mass is 19.1. The molecule has 0 aliphatic heterocycles. The van der Waals surface area contributed by atoms with E-state index in [2.05, 4.69) is 10.1 Å². The number of nitrogens with zero attached hydrogens (tertiary/aromatic N) is 4. The van der Waals surface area contributed by atoms with Crippen LogP contribution in [0.4, 0.5) is 4.39 Å². The van der Waals surface area contributed by atoms with E-state index in [-0.39, 0.29) is 24.1 Å². The molecule has 0 amide bonds.